The number of rotatable bonds is 3. The molecule has 5 aromatic carbocycles. The van der Waals surface area contributed by atoms with Crippen LogP contribution in [0.1, 0.15) is 0 Å². The molecule has 5 rings (SSSR count). The van der Waals surface area contributed by atoms with Crippen molar-refractivity contribution in [2.75, 3.05) is 20.0 Å². The van der Waals surface area contributed by atoms with Gasteiger partial charge in [0.1, 0.15) is 5.75 Å². The first kappa shape index (κ1) is 22.3. The van der Waals surface area contributed by atoms with Crippen molar-refractivity contribution in [1.29, 1.82) is 0 Å². The first-order chi connectivity index (χ1) is 15.3. The van der Waals surface area contributed by atoms with Crippen LogP contribution in [0.4, 0.5) is 0 Å². The first-order valence-electron chi connectivity index (χ1n) is 10.8. The molecule has 0 saturated carbocycles. The first-order valence-corrected chi connectivity index (χ1v) is 14.3. The van der Waals surface area contributed by atoms with E-state index in [9.17, 15) is 0 Å². The Kier molecular flexibility index (Phi) is 6.48. The van der Waals surface area contributed by atoms with Crippen molar-refractivity contribution >= 4 is 52.2 Å². The normalized spacial score (nSPS) is 11.8. The van der Waals surface area contributed by atoms with Gasteiger partial charge in [0.25, 0.3) is 0 Å². The second-order valence-electron chi connectivity index (χ2n) is 8.90. The summed E-state index contributed by atoms with van der Waals surface area (Å²) in [5, 5.41) is 26.2. The van der Waals surface area contributed by atoms with E-state index in [4.69, 9.17) is 14.7 Å². The van der Waals surface area contributed by atoms with Crippen LogP contribution >= 0.6 is 7.26 Å². The molecule has 5 heteroatoms. The number of benzene rings is 5. The predicted octanol–water partition coefficient (Wildman–Crippen LogP) is 5.45. The second kappa shape index (κ2) is 9.30. The standard InChI is InChI=1S/C18H13BO3.C9H15P/c20-19(21)22-17-7-3-6-12-8-9-15-10-13-4-1-2-5-14(13)11-16(15)18(12)17;1-10(2,3)9-7-5-4-6-8-9/h1-11,20-21H;4-8,10H,1-3H3. The van der Waals surface area contributed by atoms with Crippen LogP contribution in [-0.4, -0.2) is 37.4 Å². The van der Waals surface area contributed by atoms with Gasteiger partial charge < -0.3 is 14.7 Å². The van der Waals surface area contributed by atoms with E-state index in [0.717, 1.165) is 26.9 Å². The molecule has 0 spiro atoms. The minimum atomic E-state index is -1.83. The van der Waals surface area contributed by atoms with Gasteiger partial charge in [0, 0.05) is 5.39 Å². The minimum absolute atomic E-state index is 0.466. The molecule has 2 N–H and O–H groups in total. The average molecular weight is 442 g/mol. The largest absolute Gasteiger partial charge is 0.707 e. The van der Waals surface area contributed by atoms with Crippen LogP contribution in [0.3, 0.4) is 0 Å². The molecule has 0 aliphatic rings. The van der Waals surface area contributed by atoms with E-state index >= 15 is 0 Å². The Morgan fingerprint density at radius 3 is 1.84 bits per heavy atom. The summed E-state index contributed by atoms with van der Waals surface area (Å²) in [4.78, 5) is 0. The maximum Gasteiger partial charge on any atom is 0.707 e. The zero-order valence-electron chi connectivity index (χ0n) is 18.6. The van der Waals surface area contributed by atoms with Crippen molar-refractivity contribution in [3.05, 3.63) is 97.1 Å². The third kappa shape index (κ3) is 4.94. The van der Waals surface area contributed by atoms with E-state index in [1.807, 2.05) is 30.3 Å². The molecule has 0 amide bonds. The smallest absolute Gasteiger partial charge is 0.511 e. The van der Waals surface area contributed by atoms with Crippen LogP contribution < -0.4 is 9.96 Å². The van der Waals surface area contributed by atoms with Crippen molar-refractivity contribution < 1.29 is 14.7 Å². The molecule has 0 atom stereocenters. The molecule has 0 aromatic heterocycles. The summed E-state index contributed by atoms with van der Waals surface area (Å²) in [6, 6.07) is 32.9. The van der Waals surface area contributed by atoms with Gasteiger partial charge >= 0.3 is 70.2 Å². The van der Waals surface area contributed by atoms with Crippen LogP contribution in [0.15, 0.2) is 97.1 Å². The van der Waals surface area contributed by atoms with Gasteiger partial charge in [-0.25, -0.2) is 0 Å². The van der Waals surface area contributed by atoms with E-state index in [-0.39, 0.29) is 0 Å². The molecule has 0 bridgehead atoms. The van der Waals surface area contributed by atoms with Gasteiger partial charge in [-0.2, -0.15) is 0 Å². The monoisotopic (exact) mass is 442 g/mol. The molecule has 0 heterocycles. The summed E-state index contributed by atoms with van der Waals surface area (Å²) in [6.45, 7) is 7.09. The van der Waals surface area contributed by atoms with Gasteiger partial charge in [-0.15, -0.1) is 0 Å². The molecule has 32 heavy (non-hydrogen) atoms. The molecule has 0 radical (unpaired) electrons. The van der Waals surface area contributed by atoms with E-state index in [0.29, 0.717) is 5.75 Å². The number of hydrogen-bond acceptors (Lipinski definition) is 3. The van der Waals surface area contributed by atoms with E-state index in [1.165, 1.54) is 10.7 Å². The van der Waals surface area contributed by atoms with Gasteiger partial charge in [-0.05, 0) is 45.1 Å². The Morgan fingerprint density at radius 2 is 1.22 bits per heavy atom. The van der Waals surface area contributed by atoms with E-state index in [1.54, 1.807) is 6.07 Å². The van der Waals surface area contributed by atoms with Crippen LogP contribution in [0.25, 0.3) is 32.3 Å². The topological polar surface area (TPSA) is 49.7 Å². The average Bonchev–Trinajstić information content (AvgIpc) is 2.78. The molecule has 0 aliphatic heterocycles. The molecular formula is C27H28BO3P. The number of fused-ring (bicyclic) bond motifs is 4. The van der Waals surface area contributed by atoms with Gasteiger partial charge in [-0.1, -0.05) is 48.5 Å². The molecule has 5 aromatic rings. The Morgan fingerprint density at radius 1 is 0.625 bits per heavy atom. The SMILES string of the molecule is C[PH](C)(C)c1ccccc1.OB(O)Oc1cccc2ccc3cc4ccccc4cc3c12. The zero-order chi connectivity index (χ0) is 22.7. The summed E-state index contributed by atoms with van der Waals surface area (Å²) in [7, 11) is -2.87. The summed E-state index contributed by atoms with van der Waals surface area (Å²) in [5.74, 6) is 0.466. The van der Waals surface area contributed by atoms with E-state index < -0.39 is 14.6 Å². The van der Waals surface area contributed by atoms with Crippen LogP contribution in [0.5, 0.6) is 5.75 Å². The van der Waals surface area contributed by atoms with Crippen molar-refractivity contribution in [2.45, 2.75) is 0 Å². The summed E-state index contributed by atoms with van der Waals surface area (Å²) in [5.41, 5.74) is 0. The van der Waals surface area contributed by atoms with Crippen LogP contribution in [0, 0.1) is 0 Å². The van der Waals surface area contributed by atoms with Crippen LogP contribution in [-0.2, 0) is 0 Å². The predicted molar refractivity (Wildman–Crippen MR) is 142 cm³/mol. The molecular weight excluding hydrogens is 414 g/mol. The van der Waals surface area contributed by atoms with Crippen molar-refractivity contribution in [2.24, 2.45) is 0 Å². The quantitative estimate of drug-likeness (QED) is 0.169. The maximum atomic E-state index is 9.14. The Hall–Kier alpha value is -2.91. The number of hydrogen-bond donors (Lipinski definition) is 2. The summed E-state index contributed by atoms with van der Waals surface area (Å²) in [6.07, 6.45) is 0. The van der Waals surface area contributed by atoms with Gasteiger partial charge in [0.2, 0.25) is 0 Å². The molecule has 0 unspecified atom stereocenters. The Labute approximate surface area is 189 Å². The van der Waals surface area contributed by atoms with Gasteiger partial charge in [0.15, 0.2) is 0 Å². The fourth-order valence-corrected chi connectivity index (χ4v) is 5.11. The van der Waals surface area contributed by atoms with Gasteiger partial charge in [0.05, 0.1) is 0 Å². The summed E-state index contributed by atoms with van der Waals surface area (Å²) < 4.78 is 5.16. The minimum Gasteiger partial charge on any atom is -0.511 e. The fourth-order valence-electron chi connectivity index (χ4n) is 3.92. The van der Waals surface area contributed by atoms with Crippen LogP contribution in [0.2, 0.25) is 0 Å². The third-order valence-electron chi connectivity index (χ3n) is 5.56. The third-order valence-corrected chi connectivity index (χ3v) is 7.63. The molecule has 162 valence electrons. The Balaban J connectivity index is 0.000000207. The van der Waals surface area contributed by atoms with Crippen molar-refractivity contribution in [3.63, 3.8) is 0 Å². The molecule has 0 fully saturated rings. The molecule has 0 aliphatic carbocycles. The Bertz CT molecular complexity index is 1360. The molecule has 0 saturated heterocycles. The second-order valence-corrected chi connectivity index (χ2v) is 14.0. The van der Waals surface area contributed by atoms with Crippen molar-refractivity contribution in [3.8, 4) is 5.75 Å². The van der Waals surface area contributed by atoms with Gasteiger partial charge in [-0.3, -0.25) is 0 Å². The van der Waals surface area contributed by atoms with E-state index in [2.05, 4.69) is 80.7 Å². The summed E-state index contributed by atoms with van der Waals surface area (Å²) >= 11 is 0. The fraction of sp³-hybridized carbons (Fsp3) is 0.111. The van der Waals surface area contributed by atoms with Crippen molar-refractivity contribution in [1.82, 2.24) is 0 Å². The maximum absolute atomic E-state index is 9.14. The zero-order valence-corrected chi connectivity index (χ0v) is 19.6. The molecule has 3 nitrogen and oxygen atoms in total.